The maximum Gasteiger partial charge on any atom is 0.305 e. The summed E-state index contributed by atoms with van der Waals surface area (Å²) in [7, 11) is 1.65. The summed E-state index contributed by atoms with van der Waals surface area (Å²) in [5.74, 6) is -0.245. The van der Waals surface area contributed by atoms with Crippen LogP contribution in [0.25, 0.3) is 11.2 Å². The maximum absolute atomic E-state index is 11.7. The fourth-order valence-corrected chi connectivity index (χ4v) is 1.24. The molecule has 17 heavy (non-hydrogen) atoms. The van der Waals surface area contributed by atoms with Crippen molar-refractivity contribution in [3.63, 3.8) is 0 Å². The lowest BCUT2D eigenvalue weighted by Gasteiger charge is -2.06. The molecule has 0 aliphatic rings. The highest BCUT2D eigenvalue weighted by Gasteiger charge is 2.11. The van der Waals surface area contributed by atoms with E-state index in [1.165, 1.54) is 0 Å². The second-order valence-electron chi connectivity index (χ2n) is 3.12. The number of aromatic amines is 1. The highest BCUT2D eigenvalue weighted by Crippen LogP contribution is 2.06. The Balaban J connectivity index is 2.11. The van der Waals surface area contributed by atoms with E-state index >= 15 is 0 Å². The summed E-state index contributed by atoms with van der Waals surface area (Å²) >= 11 is 4.81. The van der Waals surface area contributed by atoms with Crippen molar-refractivity contribution in [2.75, 3.05) is 7.05 Å². The lowest BCUT2D eigenvalue weighted by Crippen LogP contribution is -2.45. The molecule has 0 fully saturated rings. The van der Waals surface area contributed by atoms with Gasteiger partial charge >= 0.3 is 5.91 Å². The Bertz CT molecular complexity index is 532. The lowest BCUT2D eigenvalue weighted by molar-refractivity contribution is 0.0934. The predicted molar refractivity (Wildman–Crippen MR) is 66.1 cm³/mol. The Kier molecular flexibility index (Phi) is 3.15. The molecule has 0 aliphatic heterocycles. The number of carbonyl (C=O) groups is 1. The summed E-state index contributed by atoms with van der Waals surface area (Å²) in [6, 6.07) is 3.55. The Morgan fingerprint density at radius 2 is 2.29 bits per heavy atom. The first-order valence-corrected chi connectivity index (χ1v) is 5.20. The fraction of sp³-hybridized carbons (Fsp3) is 0.111. The molecule has 1 amide bonds. The number of amides is 1. The van der Waals surface area contributed by atoms with E-state index in [1.807, 2.05) is 0 Å². The van der Waals surface area contributed by atoms with E-state index in [4.69, 9.17) is 12.2 Å². The van der Waals surface area contributed by atoms with Gasteiger partial charge in [0.25, 0.3) is 0 Å². The zero-order valence-electron chi connectivity index (χ0n) is 8.94. The molecule has 4 N–H and O–H groups in total. The van der Waals surface area contributed by atoms with Crippen molar-refractivity contribution < 1.29 is 4.79 Å². The fourth-order valence-electron chi connectivity index (χ4n) is 1.19. The highest BCUT2D eigenvalue weighted by molar-refractivity contribution is 7.80. The van der Waals surface area contributed by atoms with Crippen LogP contribution in [0.3, 0.4) is 0 Å². The van der Waals surface area contributed by atoms with Crippen LogP contribution in [0.4, 0.5) is 0 Å². The summed E-state index contributed by atoms with van der Waals surface area (Å²) in [5, 5.41) is 2.97. The topological polar surface area (TPSA) is 94.7 Å². The Morgan fingerprint density at radius 3 is 3.00 bits per heavy atom. The molecule has 2 heterocycles. The number of pyridine rings is 1. The molecule has 7 nitrogen and oxygen atoms in total. The second-order valence-corrected chi connectivity index (χ2v) is 3.53. The van der Waals surface area contributed by atoms with Gasteiger partial charge in [0.05, 0.1) is 5.52 Å². The van der Waals surface area contributed by atoms with Crippen LogP contribution in [0, 0.1) is 0 Å². The van der Waals surface area contributed by atoms with Gasteiger partial charge in [0, 0.05) is 13.2 Å². The van der Waals surface area contributed by atoms with Crippen molar-refractivity contribution in [2.45, 2.75) is 0 Å². The Hall–Kier alpha value is -2.22. The predicted octanol–water partition coefficient (Wildman–Crippen LogP) is -0.303. The summed E-state index contributed by atoms with van der Waals surface area (Å²) < 4.78 is 0. The van der Waals surface area contributed by atoms with Crippen LogP contribution >= 0.6 is 12.2 Å². The Labute approximate surface area is 102 Å². The maximum atomic E-state index is 11.7. The number of hydrazine groups is 1. The van der Waals surface area contributed by atoms with Gasteiger partial charge in [0.15, 0.2) is 10.8 Å². The average molecular weight is 250 g/mol. The normalized spacial score (nSPS) is 9.94. The van der Waals surface area contributed by atoms with Gasteiger partial charge in [-0.05, 0) is 24.4 Å². The molecule has 2 aromatic rings. The van der Waals surface area contributed by atoms with Crippen molar-refractivity contribution >= 4 is 34.4 Å². The SMILES string of the molecule is CNC(=S)NNC(=O)c1nc2ncccc2[nH]1. The standard InChI is InChI=1S/C9H10N6OS/c1-10-9(17)15-14-8(16)7-12-5-3-2-4-11-6(5)13-7/h2-4H,1H3,(H,14,16)(H2,10,15,17)(H,11,12,13). The Morgan fingerprint density at radius 1 is 1.47 bits per heavy atom. The third kappa shape index (κ3) is 2.48. The number of H-pyrrole nitrogens is 1. The van der Waals surface area contributed by atoms with Crippen LogP contribution in [0.15, 0.2) is 18.3 Å². The lowest BCUT2D eigenvalue weighted by atomic mass is 10.4. The van der Waals surface area contributed by atoms with Gasteiger partial charge in [-0.25, -0.2) is 9.97 Å². The number of aromatic nitrogens is 3. The number of hydrogen-bond donors (Lipinski definition) is 4. The van der Waals surface area contributed by atoms with E-state index in [-0.39, 0.29) is 5.82 Å². The van der Waals surface area contributed by atoms with Gasteiger partial charge < -0.3 is 10.3 Å². The minimum atomic E-state index is -0.416. The number of hydrogen-bond acceptors (Lipinski definition) is 4. The molecule has 0 aromatic carbocycles. The van der Waals surface area contributed by atoms with E-state index in [1.54, 1.807) is 25.4 Å². The molecule has 8 heteroatoms. The first-order valence-electron chi connectivity index (χ1n) is 4.79. The van der Waals surface area contributed by atoms with Crippen molar-refractivity contribution in [3.05, 3.63) is 24.2 Å². The van der Waals surface area contributed by atoms with Gasteiger partial charge in [0.1, 0.15) is 0 Å². The first-order chi connectivity index (χ1) is 8.20. The van der Waals surface area contributed by atoms with E-state index in [9.17, 15) is 4.79 Å². The summed E-state index contributed by atoms with van der Waals surface area (Å²) in [6.07, 6.45) is 1.61. The third-order valence-electron chi connectivity index (χ3n) is 1.99. The van der Waals surface area contributed by atoms with E-state index in [0.717, 1.165) is 0 Å². The van der Waals surface area contributed by atoms with Crippen LogP contribution in [-0.2, 0) is 0 Å². The number of fused-ring (bicyclic) bond motifs is 1. The molecule has 2 aromatic heterocycles. The van der Waals surface area contributed by atoms with E-state index in [0.29, 0.717) is 16.3 Å². The molecule has 0 unspecified atom stereocenters. The van der Waals surface area contributed by atoms with Gasteiger partial charge in [-0.1, -0.05) is 0 Å². The third-order valence-corrected chi connectivity index (χ3v) is 2.30. The number of nitrogens with one attached hydrogen (secondary N) is 4. The van der Waals surface area contributed by atoms with Crippen LogP contribution in [0.2, 0.25) is 0 Å². The summed E-state index contributed by atoms with van der Waals surface area (Å²) in [6.45, 7) is 0. The van der Waals surface area contributed by atoms with Crippen LogP contribution in [0.5, 0.6) is 0 Å². The van der Waals surface area contributed by atoms with Gasteiger partial charge in [0.2, 0.25) is 5.82 Å². The van der Waals surface area contributed by atoms with Gasteiger partial charge in [-0.3, -0.25) is 15.6 Å². The zero-order chi connectivity index (χ0) is 12.3. The van der Waals surface area contributed by atoms with Crippen molar-refractivity contribution in [2.24, 2.45) is 0 Å². The summed E-state index contributed by atoms with van der Waals surface area (Å²) in [5.41, 5.74) is 6.11. The average Bonchev–Trinajstić information content (AvgIpc) is 2.79. The number of imidazole rings is 1. The van der Waals surface area contributed by atoms with Gasteiger partial charge in [-0.15, -0.1) is 0 Å². The first kappa shape index (κ1) is 11.3. The number of thiocarbonyl (C=S) groups is 1. The smallest absolute Gasteiger partial charge is 0.305 e. The molecule has 88 valence electrons. The minimum absolute atomic E-state index is 0.171. The molecular formula is C9H10N6OS. The molecule has 2 rings (SSSR count). The molecule has 0 spiro atoms. The van der Waals surface area contributed by atoms with Crippen molar-refractivity contribution in [1.82, 2.24) is 31.1 Å². The van der Waals surface area contributed by atoms with E-state index < -0.39 is 5.91 Å². The largest absolute Gasteiger partial charge is 0.364 e. The molecular weight excluding hydrogens is 240 g/mol. The van der Waals surface area contributed by atoms with Crippen LogP contribution < -0.4 is 16.2 Å². The highest BCUT2D eigenvalue weighted by atomic mass is 32.1. The molecule has 0 saturated carbocycles. The van der Waals surface area contributed by atoms with Gasteiger partial charge in [-0.2, -0.15) is 0 Å². The van der Waals surface area contributed by atoms with Crippen molar-refractivity contribution in [1.29, 1.82) is 0 Å². The minimum Gasteiger partial charge on any atom is -0.364 e. The molecule has 0 aliphatic carbocycles. The number of rotatable bonds is 1. The molecule has 0 radical (unpaired) electrons. The summed E-state index contributed by atoms with van der Waals surface area (Å²) in [4.78, 5) is 22.5. The van der Waals surface area contributed by atoms with Crippen LogP contribution in [-0.4, -0.2) is 33.0 Å². The second kappa shape index (κ2) is 4.74. The van der Waals surface area contributed by atoms with Crippen molar-refractivity contribution in [3.8, 4) is 0 Å². The molecule has 0 bridgehead atoms. The van der Waals surface area contributed by atoms with E-state index in [2.05, 4.69) is 31.1 Å². The van der Waals surface area contributed by atoms with Crippen LogP contribution in [0.1, 0.15) is 10.6 Å². The monoisotopic (exact) mass is 250 g/mol. The number of nitrogens with zero attached hydrogens (tertiary/aromatic N) is 2. The molecule has 0 saturated heterocycles. The number of carbonyl (C=O) groups excluding carboxylic acids is 1. The molecule has 0 atom stereocenters. The quantitative estimate of drug-likeness (QED) is 0.410. The zero-order valence-corrected chi connectivity index (χ0v) is 9.76.